The molecule has 1 N–H and O–H groups in total. The molecular weight excluding hydrogens is 406 g/mol. The maximum absolute atomic E-state index is 13.3. The Balaban J connectivity index is 1.50. The number of ether oxygens (including phenoxy) is 1. The molecule has 0 spiro atoms. The van der Waals surface area contributed by atoms with Gasteiger partial charge in [-0.3, -0.25) is 9.59 Å². The molecule has 2 saturated heterocycles. The van der Waals surface area contributed by atoms with E-state index < -0.39 is 16.1 Å². The molecule has 3 aliphatic rings. The fourth-order valence-corrected chi connectivity index (χ4v) is 6.20. The second-order valence-electron chi connectivity index (χ2n) is 8.33. The summed E-state index contributed by atoms with van der Waals surface area (Å²) < 4.78 is 33.9. The van der Waals surface area contributed by atoms with E-state index in [0.29, 0.717) is 49.4 Å². The quantitative estimate of drug-likeness (QED) is 0.782. The lowest BCUT2D eigenvalue weighted by molar-refractivity contribution is -0.135. The van der Waals surface area contributed by atoms with Crippen LogP contribution in [-0.4, -0.2) is 61.7 Å². The average molecular weight is 436 g/mol. The SMILES string of the molecule is CCC1Oc2cc(S(=O)(=O)N3CCC(C(=O)N4CCCC4)CC3)c(C)cc2NC1=O. The fraction of sp³-hybridized carbons (Fsp3) is 0.619. The molecule has 30 heavy (non-hydrogen) atoms. The van der Waals surface area contributed by atoms with Crippen LogP contribution in [0.3, 0.4) is 0 Å². The predicted octanol–water partition coefficient (Wildman–Crippen LogP) is 2.13. The van der Waals surface area contributed by atoms with Gasteiger partial charge >= 0.3 is 0 Å². The standard InChI is InChI=1S/C21H29N3O5S/c1-3-17-20(25)22-16-12-14(2)19(13-18(16)29-17)30(27,28)24-10-6-15(7-11-24)21(26)23-8-4-5-9-23/h12-13,15,17H,3-11H2,1-2H3,(H,22,25). The number of anilines is 1. The fourth-order valence-electron chi connectivity index (χ4n) is 4.51. The van der Waals surface area contributed by atoms with E-state index in [-0.39, 0.29) is 22.6 Å². The van der Waals surface area contributed by atoms with Crippen LogP contribution >= 0.6 is 0 Å². The van der Waals surface area contributed by atoms with E-state index in [0.717, 1.165) is 25.9 Å². The van der Waals surface area contributed by atoms with Crippen LogP contribution in [0.2, 0.25) is 0 Å². The van der Waals surface area contributed by atoms with E-state index in [4.69, 9.17) is 4.74 Å². The van der Waals surface area contributed by atoms with Crippen molar-refractivity contribution in [3.05, 3.63) is 17.7 Å². The average Bonchev–Trinajstić information content (AvgIpc) is 3.27. The van der Waals surface area contributed by atoms with Crippen molar-refractivity contribution in [3.8, 4) is 5.75 Å². The summed E-state index contributed by atoms with van der Waals surface area (Å²) in [6.07, 6.45) is 3.07. The first-order valence-corrected chi connectivity index (χ1v) is 12.2. The number of hydrogen-bond acceptors (Lipinski definition) is 5. The van der Waals surface area contributed by atoms with Crippen LogP contribution in [0.25, 0.3) is 0 Å². The van der Waals surface area contributed by atoms with E-state index in [1.807, 2.05) is 11.8 Å². The van der Waals surface area contributed by atoms with Crippen molar-refractivity contribution >= 4 is 27.5 Å². The zero-order valence-corrected chi connectivity index (χ0v) is 18.3. The highest BCUT2D eigenvalue weighted by atomic mass is 32.2. The minimum absolute atomic E-state index is 0.0944. The second-order valence-corrected chi connectivity index (χ2v) is 10.2. The number of piperidine rings is 1. The van der Waals surface area contributed by atoms with Crippen molar-refractivity contribution in [1.29, 1.82) is 0 Å². The Kier molecular flexibility index (Phi) is 5.76. The molecule has 0 radical (unpaired) electrons. The van der Waals surface area contributed by atoms with E-state index in [1.165, 1.54) is 10.4 Å². The van der Waals surface area contributed by atoms with Gasteiger partial charge in [0, 0.05) is 38.2 Å². The number of carbonyl (C=O) groups is 2. The molecule has 1 aromatic carbocycles. The van der Waals surface area contributed by atoms with E-state index in [9.17, 15) is 18.0 Å². The van der Waals surface area contributed by atoms with Crippen molar-refractivity contribution in [1.82, 2.24) is 9.21 Å². The molecule has 0 aliphatic carbocycles. The molecule has 1 aromatic rings. The highest BCUT2D eigenvalue weighted by Crippen LogP contribution is 2.36. The van der Waals surface area contributed by atoms with Gasteiger partial charge in [-0.15, -0.1) is 0 Å². The smallest absolute Gasteiger partial charge is 0.265 e. The van der Waals surface area contributed by atoms with Crippen molar-refractivity contribution < 1.29 is 22.7 Å². The Hall–Kier alpha value is -2.13. The van der Waals surface area contributed by atoms with Crippen LogP contribution in [0.5, 0.6) is 5.75 Å². The van der Waals surface area contributed by atoms with E-state index in [1.54, 1.807) is 13.0 Å². The molecule has 9 heteroatoms. The van der Waals surface area contributed by atoms with Gasteiger partial charge in [0.15, 0.2) is 6.10 Å². The molecule has 3 aliphatic heterocycles. The van der Waals surface area contributed by atoms with Gasteiger partial charge in [0.25, 0.3) is 5.91 Å². The van der Waals surface area contributed by atoms with Gasteiger partial charge in [-0.25, -0.2) is 8.42 Å². The summed E-state index contributed by atoms with van der Waals surface area (Å²) in [5, 5.41) is 2.79. The summed E-state index contributed by atoms with van der Waals surface area (Å²) in [7, 11) is -3.72. The van der Waals surface area contributed by atoms with Gasteiger partial charge in [-0.2, -0.15) is 4.31 Å². The third-order valence-electron chi connectivity index (χ3n) is 6.31. The molecule has 3 heterocycles. The molecule has 0 bridgehead atoms. The van der Waals surface area contributed by atoms with Gasteiger partial charge in [-0.05, 0) is 50.7 Å². The number of likely N-dealkylation sites (tertiary alicyclic amines) is 1. The Morgan fingerprint density at radius 1 is 1.17 bits per heavy atom. The van der Waals surface area contributed by atoms with E-state index in [2.05, 4.69) is 5.32 Å². The lowest BCUT2D eigenvalue weighted by Crippen LogP contribution is -2.44. The molecule has 2 amide bonds. The normalized spacial score (nSPS) is 23.1. The lowest BCUT2D eigenvalue weighted by Gasteiger charge is -2.33. The summed E-state index contributed by atoms with van der Waals surface area (Å²) in [5.74, 6) is 0.238. The highest BCUT2D eigenvalue weighted by Gasteiger charge is 2.36. The van der Waals surface area contributed by atoms with Crippen molar-refractivity contribution in [2.45, 2.75) is 57.0 Å². The number of aryl methyl sites for hydroxylation is 1. The topological polar surface area (TPSA) is 96.0 Å². The van der Waals surface area contributed by atoms with Gasteiger partial charge in [0.05, 0.1) is 10.6 Å². The molecule has 1 atom stereocenters. The zero-order valence-electron chi connectivity index (χ0n) is 17.5. The lowest BCUT2D eigenvalue weighted by atomic mass is 9.97. The molecule has 0 saturated carbocycles. The number of sulfonamides is 1. The van der Waals surface area contributed by atoms with Gasteiger partial charge in [0.1, 0.15) is 5.75 Å². The number of benzene rings is 1. The molecule has 8 nitrogen and oxygen atoms in total. The Morgan fingerprint density at radius 3 is 2.47 bits per heavy atom. The maximum Gasteiger partial charge on any atom is 0.265 e. The summed E-state index contributed by atoms with van der Waals surface area (Å²) >= 11 is 0. The molecule has 164 valence electrons. The third-order valence-corrected chi connectivity index (χ3v) is 8.35. The van der Waals surface area contributed by atoms with Crippen LogP contribution in [0, 0.1) is 12.8 Å². The molecule has 2 fully saturated rings. The number of nitrogens with zero attached hydrogens (tertiary/aromatic N) is 2. The van der Waals surface area contributed by atoms with E-state index >= 15 is 0 Å². The number of hydrogen-bond donors (Lipinski definition) is 1. The Labute approximate surface area is 177 Å². The van der Waals surface area contributed by atoms with Gasteiger partial charge in [-0.1, -0.05) is 6.92 Å². The number of fused-ring (bicyclic) bond motifs is 1. The first kappa shape index (κ1) is 21.1. The van der Waals surface area contributed by atoms with Crippen LogP contribution in [-0.2, 0) is 19.6 Å². The van der Waals surface area contributed by atoms with Crippen LogP contribution < -0.4 is 10.1 Å². The predicted molar refractivity (Wildman–Crippen MR) is 112 cm³/mol. The maximum atomic E-state index is 13.3. The van der Waals surface area contributed by atoms with Crippen LogP contribution in [0.15, 0.2) is 17.0 Å². The molecule has 1 unspecified atom stereocenters. The first-order chi connectivity index (χ1) is 14.3. The van der Waals surface area contributed by atoms with Gasteiger partial charge < -0.3 is 15.0 Å². The number of rotatable bonds is 4. The molecule has 4 rings (SSSR count). The second kappa shape index (κ2) is 8.19. The Morgan fingerprint density at radius 2 is 1.83 bits per heavy atom. The summed E-state index contributed by atoms with van der Waals surface area (Å²) in [6, 6.07) is 3.17. The van der Waals surface area contributed by atoms with Crippen LogP contribution in [0.4, 0.5) is 5.69 Å². The number of carbonyl (C=O) groups excluding carboxylic acids is 2. The summed E-state index contributed by atoms with van der Waals surface area (Å²) in [4.78, 5) is 26.8. The molecular formula is C21H29N3O5S. The number of nitrogens with one attached hydrogen (secondary N) is 1. The molecule has 0 aromatic heterocycles. The minimum Gasteiger partial charge on any atom is -0.478 e. The number of amides is 2. The zero-order chi connectivity index (χ0) is 21.5. The van der Waals surface area contributed by atoms with Crippen molar-refractivity contribution in [2.24, 2.45) is 5.92 Å². The summed E-state index contributed by atoms with van der Waals surface area (Å²) in [5.41, 5.74) is 1.05. The summed E-state index contributed by atoms with van der Waals surface area (Å²) in [6.45, 7) is 5.86. The Bertz CT molecular complexity index is 948. The monoisotopic (exact) mass is 435 g/mol. The minimum atomic E-state index is -3.72. The van der Waals surface area contributed by atoms with Gasteiger partial charge in [0.2, 0.25) is 15.9 Å². The third kappa shape index (κ3) is 3.80. The van der Waals surface area contributed by atoms with Crippen molar-refractivity contribution in [2.75, 3.05) is 31.5 Å². The largest absolute Gasteiger partial charge is 0.478 e. The highest BCUT2D eigenvalue weighted by molar-refractivity contribution is 7.89. The van der Waals surface area contributed by atoms with Crippen molar-refractivity contribution in [3.63, 3.8) is 0 Å². The van der Waals surface area contributed by atoms with Crippen LogP contribution in [0.1, 0.15) is 44.6 Å². The first-order valence-electron chi connectivity index (χ1n) is 10.7.